The molecule has 94 valence electrons. The monoisotopic (exact) mass is 373 g/mol. The van der Waals surface area contributed by atoms with Crippen molar-refractivity contribution < 1.29 is 13.9 Å². The van der Waals surface area contributed by atoms with Gasteiger partial charge in [0.15, 0.2) is 10.4 Å². The molecular weight excluding hydrogens is 366 g/mol. The molecule has 0 unspecified atom stereocenters. The minimum atomic E-state index is -0.308. The lowest BCUT2D eigenvalue weighted by Crippen LogP contribution is -2.10. The Morgan fingerprint density at radius 2 is 2.06 bits per heavy atom. The van der Waals surface area contributed by atoms with Crippen LogP contribution < -0.4 is 10.1 Å². The number of amides is 1. The van der Waals surface area contributed by atoms with Gasteiger partial charge in [-0.2, -0.15) is 0 Å². The van der Waals surface area contributed by atoms with E-state index in [2.05, 4.69) is 37.2 Å². The Morgan fingerprint density at radius 1 is 1.28 bits per heavy atom. The highest BCUT2D eigenvalue weighted by molar-refractivity contribution is 9.10. The quantitative estimate of drug-likeness (QED) is 0.881. The van der Waals surface area contributed by atoms with E-state index < -0.39 is 0 Å². The van der Waals surface area contributed by atoms with E-state index in [4.69, 9.17) is 9.15 Å². The van der Waals surface area contributed by atoms with Gasteiger partial charge in [-0.15, -0.1) is 0 Å². The van der Waals surface area contributed by atoms with Gasteiger partial charge in [0, 0.05) is 5.69 Å². The fourth-order valence-electron chi connectivity index (χ4n) is 1.37. The first-order valence-corrected chi connectivity index (χ1v) is 6.59. The van der Waals surface area contributed by atoms with Gasteiger partial charge in [-0.1, -0.05) is 0 Å². The first-order chi connectivity index (χ1) is 8.60. The van der Waals surface area contributed by atoms with Crippen LogP contribution >= 0.6 is 31.9 Å². The number of hydrogen-bond acceptors (Lipinski definition) is 3. The summed E-state index contributed by atoms with van der Waals surface area (Å²) in [5, 5.41) is 2.72. The van der Waals surface area contributed by atoms with E-state index >= 15 is 0 Å². The summed E-state index contributed by atoms with van der Waals surface area (Å²) in [7, 11) is 1.58. The van der Waals surface area contributed by atoms with Crippen LogP contribution in [-0.4, -0.2) is 13.0 Å². The van der Waals surface area contributed by atoms with Gasteiger partial charge >= 0.3 is 0 Å². The van der Waals surface area contributed by atoms with Crippen LogP contribution in [0.5, 0.6) is 5.75 Å². The minimum absolute atomic E-state index is 0.244. The van der Waals surface area contributed by atoms with E-state index in [1.807, 2.05) is 0 Å². The van der Waals surface area contributed by atoms with Crippen molar-refractivity contribution >= 4 is 43.5 Å². The topological polar surface area (TPSA) is 51.5 Å². The maximum absolute atomic E-state index is 11.8. The minimum Gasteiger partial charge on any atom is -0.496 e. The molecule has 2 aromatic rings. The Labute approximate surface area is 121 Å². The largest absolute Gasteiger partial charge is 0.496 e. The Kier molecular flexibility index (Phi) is 4.08. The van der Waals surface area contributed by atoms with Crippen molar-refractivity contribution in [2.24, 2.45) is 0 Å². The molecule has 0 saturated heterocycles. The lowest BCUT2D eigenvalue weighted by molar-refractivity contribution is 0.0995. The van der Waals surface area contributed by atoms with Crippen LogP contribution in [0.4, 0.5) is 5.69 Å². The van der Waals surface area contributed by atoms with Gasteiger partial charge in [0.25, 0.3) is 5.91 Å². The van der Waals surface area contributed by atoms with Crippen molar-refractivity contribution in [2.75, 3.05) is 12.4 Å². The average Bonchev–Trinajstić information content (AvgIpc) is 2.76. The molecule has 0 saturated carbocycles. The first-order valence-electron chi connectivity index (χ1n) is 5.00. The number of methoxy groups -OCH3 is 1. The van der Waals surface area contributed by atoms with Crippen molar-refractivity contribution in [3.05, 3.63) is 45.2 Å². The Balaban J connectivity index is 2.14. The van der Waals surface area contributed by atoms with Gasteiger partial charge in [0.05, 0.1) is 11.6 Å². The van der Waals surface area contributed by atoms with Gasteiger partial charge in [-0.05, 0) is 62.2 Å². The van der Waals surface area contributed by atoms with E-state index in [9.17, 15) is 4.79 Å². The third-order valence-electron chi connectivity index (χ3n) is 2.21. The smallest absolute Gasteiger partial charge is 0.291 e. The molecule has 1 amide bonds. The number of halogens is 2. The summed E-state index contributed by atoms with van der Waals surface area (Å²) in [6, 6.07) is 8.53. The number of benzene rings is 1. The number of hydrogen-bond donors (Lipinski definition) is 1. The molecule has 4 nitrogen and oxygen atoms in total. The summed E-state index contributed by atoms with van der Waals surface area (Å²) >= 11 is 6.50. The molecule has 6 heteroatoms. The number of ether oxygens (including phenoxy) is 1. The lowest BCUT2D eigenvalue weighted by atomic mass is 10.3. The summed E-state index contributed by atoms with van der Waals surface area (Å²) in [6.07, 6.45) is 0. The number of carbonyl (C=O) groups is 1. The van der Waals surface area contributed by atoms with E-state index in [0.717, 1.165) is 4.47 Å². The fourth-order valence-corrected chi connectivity index (χ4v) is 2.22. The maximum Gasteiger partial charge on any atom is 0.291 e. The molecule has 2 rings (SSSR count). The van der Waals surface area contributed by atoms with Crippen LogP contribution in [0.2, 0.25) is 0 Å². The van der Waals surface area contributed by atoms with E-state index in [1.165, 1.54) is 0 Å². The molecular formula is C12H9Br2NO3. The second-order valence-electron chi connectivity index (χ2n) is 3.41. The third-order valence-corrected chi connectivity index (χ3v) is 3.25. The van der Waals surface area contributed by atoms with Crippen molar-refractivity contribution in [1.29, 1.82) is 0 Å². The molecule has 0 spiro atoms. The second-order valence-corrected chi connectivity index (χ2v) is 5.04. The molecule has 0 fully saturated rings. The normalized spacial score (nSPS) is 10.2. The van der Waals surface area contributed by atoms with Crippen molar-refractivity contribution in [1.82, 2.24) is 0 Å². The summed E-state index contributed by atoms with van der Waals surface area (Å²) in [4.78, 5) is 11.8. The Hall–Kier alpha value is -1.27. The SMILES string of the molecule is COc1ccc(NC(=O)c2ccc(Br)o2)cc1Br. The van der Waals surface area contributed by atoms with Gasteiger partial charge in [0.2, 0.25) is 0 Å². The predicted molar refractivity (Wildman–Crippen MR) is 75.1 cm³/mol. The zero-order valence-corrected chi connectivity index (χ0v) is 12.5. The first kappa shape index (κ1) is 13.2. The standard InChI is InChI=1S/C12H9Br2NO3/c1-17-9-3-2-7(6-8(9)13)15-12(16)10-4-5-11(14)18-10/h2-6H,1H3,(H,15,16). The molecule has 1 heterocycles. The molecule has 0 aliphatic heterocycles. The van der Waals surface area contributed by atoms with E-state index in [1.54, 1.807) is 37.4 Å². The summed E-state index contributed by atoms with van der Waals surface area (Å²) < 4.78 is 11.6. The summed E-state index contributed by atoms with van der Waals surface area (Å²) in [5.41, 5.74) is 0.653. The summed E-state index contributed by atoms with van der Waals surface area (Å²) in [5.74, 6) is 0.639. The van der Waals surface area contributed by atoms with Crippen LogP contribution in [0.25, 0.3) is 0 Å². The van der Waals surface area contributed by atoms with Gasteiger partial charge < -0.3 is 14.5 Å². The molecule has 18 heavy (non-hydrogen) atoms. The number of furan rings is 1. The van der Waals surface area contributed by atoms with Gasteiger partial charge in [0.1, 0.15) is 5.75 Å². The van der Waals surface area contributed by atoms with Gasteiger partial charge in [-0.3, -0.25) is 4.79 Å². The van der Waals surface area contributed by atoms with E-state index in [0.29, 0.717) is 16.1 Å². The Bertz CT molecular complexity index is 580. The number of rotatable bonds is 3. The van der Waals surface area contributed by atoms with Crippen LogP contribution in [0.1, 0.15) is 10.6 Å². The number of nitrogens with one attached hydrogen (secondary N) is 1. The average molecular weight is 375 g/mol. The molecule has 1 N–H and O–H groups in total. The zero-order chi connectivity index (χ0) is 13.1. The zero-order valence-electron chi connectivity index (χ0n) is 9.37. The molecule has 0 aliphatic rings. The highest BCUT2D eigenvalue weighted by Crippen LogP contribution is 2.28. The highest BCUT2D eigenvalue weighted by atomic mass is 79.9. The van der Waals surface area contributed by atoms with Crippen molar-refractivity contribution in [3.8, 4) is 5.75 Å². The highest BCUT2D eigenvalue weighted by Gasteiger charge is 2.11. The van der Waals surface area contributed by atoms with Crippen LogP contribution in [0, 0.1) is 0 Å². The van der Waals surface area contributed by atoms with Gasteiger partial charge in [-0.25, -0.2) is 0 Å². The molecule has 0 aliphatic carbocycles. The molecule has 0 atom stereocenters. The molecule has 1 aromatic carbocycles. The van der Waals surface area contributed by atoms with Crippen molar-refractivity contribution in [2.45, 2.75) is 0 Å². The van der Waals surface area contributed by atoms with Crippen LogP contribution in [-0.2, 0) is 0 Å². The third kappa shape index (κ3) is 2.94. The fraction of sp³-hybridized carbons (Fsp3) is 0.0833. The Morgan fingerprint density at radius 3 is 2.61 bits per heavy atom. The summed E-state index contributed by atoms with van der Waals surface area (Å²) in [6.45, 7) is 0. The van der Waals surface area contributed by atoms with E-state index in [-0.39, 0.29) is 11.7 Å². The molecule has 0 radical (unpaired) electrons. The maximum atomic E-state index is 11.8. The number of anilines is 1. The number of carbonyl (C=O) groups excluding carboxylic acids is 1. The molecule has 1 aromatic heterocycles. The molecule has 0 bridgehead atoms. The predicted octanol–water partition coefficient (Wildman–Crippen LogP) is 4.07. The van der Waals surface area contributed by atoms with Crippen LogP contribution in [0.3, 0.4) is 0 Å². The lowest BCUT2D eigenvalue weighted by Gasteiger charge is -2.07. The van der Waals surface area contributed by atoms with Crippen molar-refractivity contribution in [3.63, 3.8) is 0 Å². The van der Waals surface area contributed by atoms with Crippen LogP contribution in [0.15, 0.2) is 43.9 Å². The second kappa shape index (κ2) is 5.58.